The van der Waals surface area contributed by atoms with Gasteiger partial charge in [-0.1, -0.05) is 12.1 Å². The zero-order valence-electron chi connectivity index (χ0n) is 10.7. The van der Waals surface area contributed by atoms with E-state index in [1.165, 1.54) is 12.1 Å². The van der Waals surface area contributed by atoms with Crippen molar-refractivity contribution in [3.63, 3.8) is 0 Å². The Kier molecular flexibility index (Phi) is 3.68. The summed E-state index contributed by atoms with van der Waals surface area (Å²) >= 11 is 0. The highest BCUT2D eigenvalue weighted by atomic mass is 32.2. The van der Waals surface area contributed by atoms with Crippen molar-refractivity contribution in [2.75, 3.05) is 12.8 Å². The highest BCUT2D eigenvalue weighted by molar-refractivity contribution is 7.90. The molecular weight excluding hydrogens is 266 g/mol. The third-order valence-electron chi connectivity index (χ3n) is 2.77. The van der Waals surface area contributed by atoms with E-state index in [9.17, 15) is 8.42 Å². The van der Waals surface area contributed by atoms with Crippen molar-refractivity contribution in [3.05, 3.63) is 30.1 Å². The van der Waals surface area contributed by atoms with E-state index in [0.717, 1.165) is 6.26 Å². The predicted molar refractivity (Wildman–Crippen MR) is 70.3 cm³/mol. The van der Waals surface area contributed by atoms with E-state index in [2.05, 4.69) is 10.1 Å². The standard InChI is InChI=1S/C12H15N3O3S/c1-8(7-13)11-14-12(18-15-11)9-3-5-10(6-4-9)19(2,16)17/h3-6,8H,7,13H2,1-2H3. The van der Waals surface area contributed by atoms with Crippen molar-refractivity contribution in [3.8, 4) is 11.5 Å². The second-order valence-corrected chi connectivity index (χ2v) is 6.41. The van der Waals surface area contributed by atoms with Gasteiger partial charge in [0.05, 0.1) is 4.90 Å². The van der Waals surface area contributed by atoms with Crippen LogP contribution in [0.3, 0.4) is 0 Å². The summed E-state index contributed by atoms with van der Waals surface area (Å²) in [5, 5.41) is 3.85. The van der Waals surface area contributed by atoms with Gasteiger partial charge in [0, 0.05) is 24.3 Å². The van der Waals surface area contributed by atoms with E-state index in [4.69, 9.17) is 10.3 Å². The second-order valence-electron chi connectivity index (χ2n) is 4.39. The molecule has 1 aromatic heterocycles. The molecule has 7 heteroatoms. The molecule has 2 aromatic rings. The van der Waals surface area contributed by atoms with Gasteiger partial charge in [0.2, 0.25) is 0 Å². The van der Waals surface area contributed by atoms with Gasteiger partial charge in [0.25, 0.3) is 5.89 Å². The first-order chi connectivity index (χ1) is 8.91. The fourth-order valence-electron chi connectivity index (χ4n) is 1.50. The van der Waals surface area contributed by atoms with Crippen molar-refractivity contribution in [1.82, 2.24) is 10.1 Å². The monoisotopic (exact) mass is 281 g/mol. The smallest absolute Gasteiger partial charge is 0.257 e. The summed E-state index contributed by atoms with van der Waals surface area (Å²) in [7, 11) is -3.20. The molecular formula is C12H15N3O3S. The lowest BCUT2D eigenvalue weighted by molar-refractivity contribution is 0.418. The van der Waals surface area contributed by atoms with E-state index in [1.807, 2.05) is 6.92 Å². The summed E-state index contributed by atoms with van der Waals surface area (Å²) < 4.78 is 27.8. The summed E-state index contributed by atoms with van der Waals surface area (Å²) in [4.78, 5) is 4.49. The van der Waals surface area contributed by atoms with Crippen LogP contribution in [-0.4, -0.2) is 31.4 Å². The van der Waals surface area contributed by atoms with Gasteiger partial charge in [-0.25, -0.2) is 8.42 Å². The van der Waals surface area contributed by atoms with Crippen LogP contribution < -0.4 is 5.73 Å². The number of hydrogen-bond acceptors (Lipinski definition) is 6. The van der Waals surface area contributed by atoms with Crippen molar-refractivity contribution < 1.29 is 12.9 Å². The molecule has 0 saturated carbocycles. The number of hydrogen-bond donors (Lipinski definition) is 1. The first-order valence-corrected chi connectivity index (χ1v) is 7.65. The molecule has 0 bridgehead atoms. The van der Waals surface area contributed by atoms with E-state index >= 15 is 0 Å². The van der Waals surface area contributed by atoms with Crippen molar-refractivity contribution >= 4 is 9.84 Å². The maximum Gasteiger partial charge on any atom is 0.257 e. The Morgan fingerprint density at radius 3 is 2.47 bits per heavy atom. The molecule has 0 saturated heterocycles. The number of nitrogens with two attached hydrogens (primary N) is 1. The van der Waals surface area contributed by atoms with Crippen LogP contribution in [0.15, 0.2) is 33.7 Å². The summed E-state index contributed by atoms with van der Waals surface area (Å²) in [6.07, 6.45) is 1.16. The predicted octanol–water partition coefficient (Wildman–Crippen LogP) is 1.20. The van der Waals surface area contributed by atoms with E-state index in [-0.39, 0.29) is 10.8 Å². The van der Waals surface area contributed by atoms with Crippen LogP contribution in [-0.2, 0) is 9.84 Å². The molecule has 0 fully saturated rings. The molecule has 2 N–H and O–H groups in total. The van der Waals surface area contributed by atoms with Crippen LogP contribution in [0.5, 0.6) is 0 Å². The van der Waals surface area contributed by atoms with Crippen LogP contribution in [0.1, 0.15) is 18.7 Å². The number of nitrogens with zero attached hydrogens (tertiary/aromatic N) is 2. The molecule has 1 atom stereocenters. The molecule has 6 nitrogen and oxygen atoms in total. The first kappa shape index (κ1) is 13.7. The fraction of sp³-hybridized carbons (Fsp3) is 0.333. The van der Waals surface area contributed by atoms with Gasteiger partial charge >= 0.3 is 0 Å². The summed E-state index contributed by atoms with van der Waals surface area (Å²) in [5.41, 5.74) is 6.21. The number of benzene rings is 1. The summed E-state index contributed by atoms with van der Waals surface area (Å²) in [6.45, 7) is 2.34. The Morgan fingerprint density at radius 2 is 1.95 bits per heavy atom. The largest absolute Gasteiger partial charge is 0.334 e. The van der Waals surface area contributed by atoms with Crippen LogP contribution >= 0.6 is 0 Å². The van der Waals surface area contributed by atoms with Gasteiger partial charge in [0.15, 0.2) is 15.7 Å². The average Bonchev–Trinajstić information content (AvgIpc) is 2.86. The molecule has 2 rings (SSSR count). The molecule has 0 aliphatic rings. The number of aromatic nitrogens is 2. The minimum atomic E-state index is -3.20. The van der Waals surface area contributed by atoms with E-state index in [1.54, 1.807) is 12.1 Å². The Labute approximate surface area is 111 Å². The van der Waals surface area contributed by atoms with Crippen molar-refractivity contribution in [1.29, 1.82) is 0 Å². The average molecular weight is 281 g/mol. The molecule has 0 spiro atoms. The second kappa shape index (κ2) is 5.10. The lowest BCUT2D eigenvalue weighted by atomic mass is 10.2. The maximum absolute atomic E-state index is 11.3. The highest BCUT2D eigenvalue weighted by Crippen LogP contribution is 2.21. The topological polar surface area (TPSA) is 99.1 Å². The van der Waals surface area contributed by atoms with Crippen molar-refractivity contribution in [2.24, 2.45) is 5.73 Å². The normalized spacial score (nSPS) is 13.4. The quantitative estimate of drug-likeness (QED) is 0.904. The van der Waals surface area contributed by atoms with E-state index < -0.39 is 9.84 Å². The maximum atomic E-state index is 11.3. The SMILES string of the molecule is CC(CN)c1noc(-c2ccc(S(C)(=O)=O)cc2)n1. The summed E-state index contributed by atoms with van der Waals surface area (Å²) in [5.74, 6) is 0.924. The molecule has 0 aliphatic carbocycles. The van der Waals surface area contributed by atoms with Gasteiger partial charge in [-0.15, -0.1) is 0 Å². The van der Waals surface area contributed by atoms with Crippen LogP contribution in [0.2, 0.25) is 0 Å². The molecule has 19 heavy (non-hydrogen) atoms. The lowest BCUT2D eigenvalue weighted by Gasteiger charge is -2.00. The Morgan fingerprint density at radius 1 is 1.32 bits per heavy atom. The van der Waals surface area contributed by atoms with Crippen LogP contribution in [0.25, 0.3) is 11.5 Å². The minimum absolute atomic E-state index is 0.0211. The molecule has 0 aliphatic heterocycles. The molecule has 0 radical (unpaired) electrons. The zero-order valence-corrected chi connectivity index (χ0v) is 11.5. The fourth-order valence-corrected chi connectivity index (χ4v) is 2.13. The molecule has 1 aromatic carbocycles. The summed E-state index contributed by atoms with van der Waals surface area (Å²) in [6, 6.07) is 6.31. The van der Waals surface area contributed by atoms with Crippen molar-refractivity contribution in [2.45, 2.75) is 17.7 Å². The Bertz CT molecular complexity index is 662. The van der Waals surface area contributed by atoms with Gasteiger partial charge in [-0.05, 0) is 24.3 Å². The van der Waals surface area contributed by atoms with Gasteiger partial charge < -0.3 is 10.3 Å². The number of rotatable bonds is 4. The third kappa shape index (κ3) is 2.99. The zero-order chi connectivity index (χ0) is 14.0. The van der Waals surface area contributed by atoms with Crippen LogP contribution in [0, 0.1) is 0 Å². The lowest BCUT2D eigenvalue weighted by Crippen LogP contribution is -2.10. The molecule has 1 unspecified atom stereocenters. The molecule has 0 amide bonds. The molecule has 1 heterocycles. The van der Waals surface area contributed by atoms with Crippen LogP contribution in [0.4, 0.5) is 0 Å². The van der Waals surface area contributed by atoms with Gasteiger partial charge in [-0.3, -0.25) is 0 Å². The first-order valence-electron chi connectivity index (χ1n) is 5.76. The molecule has 102 valence electrons. The highest BCUT2D eigenvalue weighted by Gasteiger charge is 2.14. The Balaban J connectivity index is 2.30. The minimum Gasteiger partial charge on any atom is -0.334 e. The third-order valence-corrected chi connectivity index (χ3v) is 3.89. The number of sulfone groups is 1. The Hall–Kier alpha value is -1.73. The van der Waals surface area contributed by atoms with E-state index in [0.29, 0.717) is 23.8 Å². The van der Waals surface area contributed by atoms with Gasteiger partial charge in [0.1, 0.15) is 0 Å². The van der Waals surface area contributed by atoms with Gasteiger partial charge in [-0.2, -0.15) is 4.98 Å².